The fraction of sp³-hybridized carbons (Fsp3) is 0.250. The van der Waals surface area contributed by atoms with Crippen molar-refractivity contribution in [3.63, 3.8) is 0 Å². The van der Waals surface area contributed by atoms with E-state index in [1.807, 2.05) is 36.1 Å². The smallest absolute Gasteiger partial charge is 0.353 e. The van der Waals surface area contributed by atoms with Gasteiger partial charge in [0.15, 0.2) is 0 Å². The minimum atomic E-state index is -4.29. The lowest BCUT2D eigenvalue weighted by molar-refractivity contribution is -0.542. The van der Waals surface area contributed by atoms with E-state index >= 15 is 0 Å². The topological polar surface area (TPSA) is 7.12 Å². The number of allylic oxidation sites excluding steroid dienone is 2. The Morgan fingerprint density at radius 2 is 1.89 bits per heavy atom. The van der Waals surface area contributed by atoms with Crippen LogP contribution in [0.5, 0.6) is 0 Å². The molecule has 0 N–H and O–H groups in total. The maximum Gasteiger partial charge on any atom is 0.644 e. The van der Waals surface area contributed by atoms with Crippen LogP contribution < -0.4 is 4.48 Å². The summed E-state index contributed by atoms with van der Waals surface area (Å²) in [5.41, 5.74) is -0.628. The SMILES string of the molecule is CCN1C=CC=CB1[n+]1ccc(C(F)(F)F)cc1. The fourth-order valence-electron chi connectivity index (χ4n) is 1.89. The van der Waals surface area contributed by atoms with E-state index in [0.29, 0.717) is 0 Å². The van der Waals surface area contributed by atoms with Crippen molar-refractivity contribution in [1.82, 2.24) is 4.81 Å². The van der Waals surface area contributed by atoms with E-state index in [-0.39, 0.29) is 6.98 Å². The summed E-state index contributed by atoms with van der Waals surface area (Å²) in [6.45, 7) is 2.73. The minimum Gasteiger partial charge on any atom is -0.353 e. The fourth-order valence-corrected chi connectivity index (χ4v) is 1.89. The van der Waals surface area contributed by atoms with Crippen LogP contribution in [0.3, 0.4) is 0 Å². The maximum atomic E-state index is 12.5. The third-order valence-electron chi connectivity index (χ3n) is 2.86. The van der Waals surface area contributed by atoms with E-state index in [0.717, 1.165) is 18.7 Å². The number of nitrogens with zero attached hydrogens (tertiary/aromatic N) is 2. The number of pyridine rings is 1. The quantitative estimate of drug-likeness (QED) is 0.733. The third kappa shape index (κ3) is 2.58. The van der Waals surface area contributed by atoms with Gasteiger partial charge in [0.2, 0.25) is 0 Å². The highest BCUT2D eigenvalue weighted by molar-refractivity contribution is 6.53. The molecule has 1 aliphatic rings. The van der Waals surface area contributed by atoms with Gasteiger partial charge in [-0.2, -0.15) is 13.2 Å². The molecular weight excluding hydrogens is 240 g/mol. The van der Waals surface area contributed by atoms with Gasteiger partial charge in [0.25, 0.3) is 0 Å². The molecule has 0 saturated heterocycles. The Kier molecular flexibility index (Phi) is 3.45. The molecule has 0 aromatic carbocycles. The van der Waals surface area contributed by atoms with Crippen molar-refractivity contribution in [3.05, 3.63) is 54.4 Å². The predicted molar refractivity (Wildman–Crippen MR) is 63.5 cm³/mol. The van der Waals surface area contributed by atoms with E-state index < -0.39 is 11.7 Å². The van der Waals surface area contributed by atoms with Gasteiger partial charge in [-0.05, 0) is 25.2 Å². The number of alkyl halides is 3. The molecule has 1 aliphatic heterocycles. The Bertz CT molecular complexity index is 465. The molecule has 0 amide bonds. The molecule has 1 aromatic heterocycles. The van der Waals surface area contributed by atoms with Crippen molar-refractivity contribution >= 4 is 6.98 Å². The number of halogens is 3. The molecule has 94 valence electrons. The normalized spacial score (nSPS) is 15.3. The van der Waals surface area contributed by atoms with Crippen LogP contribution in [0.25, 0.3) is 0 Å². The lowest BCUT2D eigenvalue weighted by Gasteiger charge is -2.19. The number of aromatic nitrogens is 1. The standard InChI is InChI=1S/C12H13BF3N2/c1-2-17-8-4-3-7-13(17)18-9-5-11(6-10-18)12(14,15)16/h3-10H,2H2,1H3/q+1. The lowest BCUT2D eigenvalue weighted by Crippen LogP contribution is -2.59. The first-order valence-corrected chi connectivity index (χ1v) is 5.71. The monoisotopic (exact) mass is 253 g/mol. The molecular formula is C12H13BF3N2+. The van der Waals surface area contributed by atoms with Crippen LogP contribution >= 0.6 is 0 Å². The van der Waals surface area contributed by atoms with Crippen molar-refractivity contribution in [2.75, 3.05) is 6.54 Å². The van der Waals surface area contributed by atoms with Crippen molar-refractivity contribution < 1.29 is 17.6 Å². The zero-order chi connectivity index (χ0) is 13.2. The average Bonchev–Trinajstić information content (AvgIpc) is 2.38. The van der Waals surface area contributed by atoms with Crippen LogP contribution in [0, 0.1) is 0 Å². The van der Waals surface area contributed by atoms with E-state index in [1.54, 1.807) is 4.48 Å². The van der Waals surface area contributed by atoms with E-state index in [4.69, 9.17) is 0 Å². The van der Waals surface area contributed by atoms with Gasteiger partial charge in [0, 0.05) is 18.7 Å². The van der Waals surface area contributed by atoms with Gasteiger partial charge in [-0.15, -0.1) is 0 Å². The van der Waals surface area contributed by atoms with Gasteiger partial charge in [-0.25, -0.2) is 0 Å². The zero-order valence-electron chi connectivity index (χ0n) is 9.93. The average molecular weight is 253 g/mol. The summed E-state index contributed by atoms with van der Waals surface area (Å²) in [6.07, 6.45) is 4.35. The van der Waals surface area contributed by atoms with E-state index in [2.05, 4.69) is 0 Å². The summed E-state index contributed by atoms with van der Waals surface area (Å²) >= 11 is 0. The number of rotatable bonds is 2. The van der Waals surface area contributed by atoms with Gasteiger partial charge in [0.1, 0.15) is 12.4 Å². The Balaban J connectivity index is 2.24. The minimum absolute atomic E-state index is 0.0673. The first kappa shape index (κ1) is 12.7. The first-order valence-electron chi connectivity index (χ1n) is 5.71. The largest absolute Gasteiger partial charge is 0.644 e. The Morgan fingerprint density at radius 1 is 1.22 bits per heavy atom. The number of hydrogen-bond acceptors (Lipinski definition) is 1. The summed E-state index contributed by atoms with van der Waals surface area (Å²) in [4.78, 5) is 2.03. The maximum absolute atomic E-state index is 12.5. The number of hydrogen-bond donors (Lipinski definition) is 0. The van der Waals surface area contributed by atoms with Crippen molar-refractivity contribution in [2.45, 2.75) is 13.1 Å². The van der Waals surface area contributed by atoms with Crippen LogP contribution in [0.4, 0.5) is 13.2 Å². The molecule has 2 heterocycles. The van der Waals surface area contributed by atoms with Crippen LogP contribution in [-0.2, 0) is 6.18 Å². The molecule has 0 aliphatic carbocycles. The highest BCUT2D eigenvalue weighted by atomic mass is 19.4. The molecule has 0 radical (unpaired) electrons. The summed E-state index contributed by atoms with van der Waals surface area (Å²) in [5.74, 6) is 1.94. The van der Waals surface area contributed by atoms with Crippen LogP contribution in [0.1, 0.15) is 12.5 Å². The molecule has 0 saturated carbocycles. The Morgan fingerprint density at radius 3 is 2.44 bits per heavy atom. The van der Waals surface area contributed by atoms with E-state index in [1.165, 1.54) is 12.4 Å². The molecule has 0 fully saturated rings. The van der Waals surface area contributed by atoms with E-state index in [9.17, 15) is 13.2 Å². The highest BCUT2D eigenvalue weighted by Gasteiger charge is 2.35. The van der Waals surface area contributed by atoms with Gasteiger partial charge in [0.05, 0.1) is 5.56 Å². The first-order chi connectivity index (χ1) is 8.52. The van der Waals surface area contributed by atoms with Crippen molar-refractivity contribution in [1.29, 1.82) is 0 Å². The van der Waals surface area contributed by atoms with Crippen LogP contribution in [0.2, 0.25) is 0 Å². The third-order valence-corrected chi connectivity index (χ3v) is 2.86. The Labute approximate surface area is 104 Å². The summed E-state index contributed by atoms with van der Waals surface area (Å²) in [7, 11) is 0. The molecule has 0 atom stereocenters. The molecule has 2 nitrogen and oxygen atoms in total. The molecule has 0 bridgehead atoms. The van der Waals surface area contributed by atoms with Crippen LogP contribution in [-0.4, -0.2) is 18.3 Å². The van der Waals surface area contributed by atoms with Crippen molar-refractivity contribution in [2.24, 2.45) is 0 Å². The molecule has 0 spiro atoms. The second-order valence-electron chi connectivity index (χ2n) is 4.00. The molecule has 6 heteroatoms. The molecule has 0 unspecified atom stereocenters. The van der Waals surface area contributed by atoms with Gasteiger partial charge >= 0.3 is 13.2 Å². The molecule has 2 rings (SSSR count). The summed E-state index contributed by atoms with van der Waals surface area (Å²) in [6, 6.07) is 2.19. The zero-order valence-corrected chi connectivity index (χ0v) is 9.93. The van der Waals surface area contributed by atoms with Gasteiger partial charge < -0.3 is 4.81 Å². The van der Waals surface area contributed by atoms with Gasteiger partial charge in [-0.3, -0.25) is 4.48 Å². The molecule has 18 heavy (non-hydrogen) atoms. The predicted octanol–water partition coefficient (Wildman–Crippen LogP) is 2.27. The Hall–Kier alpha value is -1.72. The molecule has 1 aromatic rings. The highest BCUT2D eigenvalue weighted by Crippen LogP contribution is 2.27. The second-order valence-corrected chi connectivity index (χ2v) is 4.00. The lowest BCUT2D eigenvalue weighted by atomic mass is 9.71. The second kappa shape index (κ2) is 4.88. The van der Waals surface area contributed by atoms with Crippen molar-refractivity contribution in [3.8, 4) is 0 Å². The van der Waals surface area contributed by atoms with Crippen LogP contribution in [0.15, 0.2) is 48.9 Å². The summed E-state index contributed by atoms with van der Waals surface area (Å²) in [5, 5.41) is 0. The van der Waals surface area contributed by atoms with Gasteiger partial charge in [-0.1, -0.05) is 6.08 Å². The summed E-state index contributed by atoms with van der Waals surface area (Å²) < 4.78 is 39.1.